The summed E-state index contributed by atoms with van der Waals surface area (Å²) in [6.07, 6.45) is 5.59. The highest BCUT2D eigenvalue weighted by Gasteiger charge is 2.17. The molecule has 1 saturated heterocycles. The van der Waals surface area contributed by atoms with E-state index in [0.717, 1.165) is 39.3 Å². The van der Waals surface area contributed by atoms with Gasteiger partial charge in [0.1, 0.15) is 0 Å². The van der Waals surface area contributed by atoms with Gasteiger partial charge >= 0.3 is 0 Å². The number of aromatic nitrogens is 2. The summed E-state index contributed by atoms with van der Waals surface area (Å²) in [6, 6.07) is 8.22. The van der Waals surface area contributed by atoms with Gasteiger partial charge in [0.15, 0.2) is 0 Å². The van der Waals surface area contributed by atoms with Gasteiger partial charge in [0.25, 0.3) is 0 Å². The van der Waals surface area contributed by atoms with E-state index in [0.29, 0.717) is 5.88 Å². The minimum atomic E-state index is 0.688. The lowest BCUT2D eigenvalue weighted by Gasteiger charge is -2.34. The molecule has 0 N–H and O–H groups in total. The van der Waals surface area contributed by atoms with Crippen LogP contribution in [-0.2, 0) is 13.1 Å². The molecule has 5 heteroatoms. The Labute approximate surface area is 131 Å². The second-order valence-corrected chi connectivity index (χ2v) is 5.62. The molecule has 2 aromatic rings. The van der Waals surface area contributed by atoms with Crippen LogP contribution in [0.15, 0.2) is 42.9 Å². The van der Waals surface area contributed by atoms with Crippen LogP contribution in [0.25, 0.3) is 0 Å². The molecule has 0 aliphatic carbocycles. The van der Waals surface area contributed by atoms with Crippen molar-refractivity contribution in [3.63, 3.8) is 0 Å². The quantitative estimate of drug-likeness (QED) is 0.842. The molecule has 22 heavy (non-hydrogen) atoms. The van der Waals surface area contributed by atoms with Crippen LogP contribution < -0.4 is 4.74 Å². The molecule has 0 bridgehead atoms. The summed E-state index contributed by atoms with van der Waals surface area (Å²) in [5.74, 6) is 0.688. The third-order valence-corrected chi connectivity index (χ3v) is 4.01. The summed E-state index contributed by atoms with van der Waals surface area (Å²) in [5.41, 5.74) is 2.54. The summed E-state index contributed by atoms with van der Waals surface area (Å²) in [7, 11) is 1.66. The number of hydrogen-bond acceptors (Lipinski definition) is 5. The smallest absolute Gasteiger partial charge is 0.213 e. The van der Waals surface area contributed by atoms with Crippen molar-refractivity contribution in [1.29, 1.82) is 0 Å². The van der Waals surface area contributed by atoms with E-state index in [9.17, 15) is 0 Å². The summed E-state index contributed by atoms with van der Waals surface area (Å²) in [5, 5.41) is 0. The van der Waals surface area contributed by atoms with Crippen molar-refractivity contribution in [2.24, 2.45) is 0 Å². The molecule has 0 spiro atoms. The van der Waals surface area contributed by atoms with Crippen molar-refractivity contribution in [2.75, 3.05) is 33.3 Å². The highest BCUT2D eigenvalue weighted by atomic mass is 16.5. The second-order valence-electron chi connectivity index (χ2n) is 5.62. The number of rotatable bonds is 5. The van der Waals surface area contributed by atoms with Gasteiger partial charge in [-0.3, -0.25) is 14.8 Å². The predicted molar refractivity (Wildman–Crippen MR) is 85.6 cm³/mol. The Hall–Kier alpha value is -1.98. The number of methoxy groups -OCH3 is 1. The maximum atomic E-state index is 5.18. The average molecular weight is 298 g/mol. The van der Waals surface area contributed by atoms with E-state index in [1.807, 2.05) is 30.7 Å². The van der Waals surface area contributed by atoms with Crippen LogP contribution in [-0.4, -0.2) is 53.1 Å². The standard InChI is InChI=1S/C17H22N4O/c1-22-17-11-15(4-6-19-17)13-20-7-9-21(10-8-20)14-16-3-2-5-18-12-16/h2-6,11-12H,7-10,13-14H2,1H3. The van der Waals surface area contributed by atoms with Crippen LogP contribution in [0.1, 0.15) is 11.1 Å². The first-order valence-corrected chi connectivity index (χ1v) is 7.66. The van der Waals surface area contributed by atoms with Gasteiger partial charge in [-0.25, -0.2) is 4.98 Å². The fourth-order valence-corrected chi connectivity index (χ4v) is 2.77. The molecule has 3 rings (SSSR count). The lowest BCUT2D eigenvalue weighted by atomic mass is 10.2. The normalized spacial score (nSPS) is 16.6. The molecule has 116 valence electrons. The van der Waals surface area contributed by atoms with E-state index >= 15 is 0 Å². The highest BCUT2D eigenvalue weighted by Crippen LogP contribution is 2.13. The molecule has 0 unspecified atom stereocenters. The number of nitrogens with zero attached hydrogens (tertiary/aromatic N) is 4. The molecule has 3 heterocycles. The topological polar surface area (TPSA) is 41.5 Å². The third-order valence-electron chi connectivity index (χ3n) is 4.01. The summed E-state index contributed by atoms with van der Waals surface area (Å²) >= 11 is 0. The van der Waals surface area contributed by atoms with E-state index in [2.05, 4.69) is 31.9 Å². The Kier molecular flexibility index (Phi) is 4.98. The van der Waals surface area contributed by atoms with E-state index < -0.39 is 0 Å². The first-order chi connectivity index (χ1) is 10.8. The van der Waals surface area contributed by atoms with Gasteiger partial charge in [0.05, 0.1) is 7.11 Å². The van der Waals surface area contributed by atoms with E-state index in [4.69, 9.17) is 4.74 Å². The fourth-order valence-electron chi connectivity index (χ4n) is 2.77. The van der Waals surface area contributed by atoms with Gasteiger partial charge < -0.3 is 4.74 Å². The van der Waals surface area contributed by atoms with Gasteiger partial charge in [0.2, 0.25) is 5.88 Å². The highest BCUT2D eigenvalue weighted by molar-refractivity contribution is 5.20. The molecule has 1 aliphatic rings. The van der Waals surface area contributed by atoms with Crippen LogP contribution in [0, 0.1) is 0 Å². The molecule has 2 aromatic heterocycles. The maximum absolute atomic E-state index is 5.18. The molecule has 0 radical (unpaired) electrons. The van der Waals surface area contributed by atoms with Crippen molar-refractivity contribution < 1.29 is 4.74 Å². The van der Waals surface area contributed by atoms with Crippen molar-refractivity contribution in [3.05, 3.63) is 54.0 Å². The summed E-state index contributed by atoms with van der Waals surface area (Å²) < 4.78 is 5.18. The van der Waals surface area contributed by atoms with Gasteiger partial charge in [-0.15, -0.1) is 0 Å². The van der Waals surface area contributed by atoms with E-state index in [1.54, 1.807) is 7.11 Å². The molecular formula is C17H22N4O. The zero-order chi connectivity index (χ0) is 15.2. The Morgan fingerprint density at radius 1 is 1.00 bits per heavy atom. The predicted octanol–water partition coefficient (Wildman–Crippen LogP) is 1.80. The largest absolute Gasteiger partial charge is 0.481 e. The van der Waals surface area contributed by atoms with Crippen LogP contribution >= 0.6 is 0 Å². The first kappa shape index (κ1) is 14.9. The monoisotopic (exact) mass is 298 g/mol. The molecule has 1 aliphatic heterocycles. The number of pyridine rings is 2. The molecule has 0 amide bonds. The van der Waals surface area contributed by atoms with E-state index in [1.165, 1.54) is 11.1 Å². The maximum Gasteiger partial charge on any atom is 0.213 e. The van der Waals surface area contributed by atoms with Gasteiger partial charge in [-0.05, 0) is 23.3 Å². The SMILES string of the molecule is COc1cc(CN2CCN(Cc3cccnc3)CC2)ccn1. The van der Waals surface area contributed by atoms with Crippen LogP contribution in [0.4, 0.5) is 0 Å². The zero-order valence-electron chi connectivity index (χ0n) is 13.0. The van der Waals surface area contributed by atoms with Crippen LogP contribution in [0.2, 0.25) is 0 Å². The first-order valence-electron chi connectivity index (χ1n) is 7.66. The number of ether oxygens (including phenoxy) is 1. The van der Waals surface area contributed by atoms with Gasteiger partial charge in [-0.1, -0.05) is 6.07 Å². The van der Waals surface area contributed by atoms with Gasteiger partial charge in [-0.2, -0.15) is 0 Å². The number of piperazine rings is 1. The van der Waals surface area contributed by atoms with Crippen LogP contribution in [0.5, 0.6) is 5.88 Å². The molecule has 0 aromatic carbocycles. The molecule has 0 saturated carbocycles. The third kappa shape index (κ3) is 4.02. The molecular weight excluding hydrogens is 276 g/mol. The molecule has 0 atom stereocenters. The summed E-state index contributed by atoms with van der Waals surface area (Å²) in [4.78, 5) is 13.3. The minimum absolute atomic E-state index is 0.688. The Balaban J connectivity index is 1.49. The van der Waals surface area contributed by atoms with Crippen molar-refractivity contribution in [2.45, 2.75) is 13.1 Å². The van der Waals surface area contributed by atoms with Gasteiger partial charge in [0, 0.05) is 63.9 Å². The lowest BCUT2D eigenvalue weighted by Crippen LogP contribution is -2.45. The van der Waals surface area contributed by atoms with Crippen LogP contribution in [0.3, 0.4) is 0 Å². The second kappa shape index (κ2) is 7.33. The molecule has 5 nitrogen and oxygen atoms in total. The Morgan fingerprint density at radius 3 is 2.36 bits per heavy atom. The molecule has 1 fully saturated rings. The Morgan fingerprint density at radius 2 is 1.73 bits per heavy atom. The average Bonchev–Trinajstić information content (AvgIpc) is 2.58. The van der Waals surface area contributed by atoms with Crippen molar-refractivity contribution in [3.8, 4) is 5.88 Å². The minimum Gasteiger partial charge on any atom is -0.481 e. The summed E-state index contributed by atoms with van der Waals surface area (Å²) in [6.45, 7) is 6.31. The van der Waals surface area contributed by atoms with Crippen molar-refractivity contribution in [1.82, 2.24) is 19.8 Å². The lowest BCUT2D eigenvalue weighted by molar-refractivity contribution is 0.122. The van der Waals surface area contributed by atoms with E-state index in [-0.39, 0.29) is 0 Å². The Bertz CT molecular complexity index is 582. The number of hydrogen-bond donors (Lipinski definition) is 0. The van der Waals surface area contributed by atoms with Crippen molar-refractivity contribution >= 4 is 0 Å². The zero-order valence-corrected chi connectivity index (χ0v) is 13.0. The fraction of sp³-hybridized carbons (Fsp3) is 0.412.